The fraction of sp³-hybridized carbons (Fsp3) is 0.250. The molecule has 0 radical (unpaired) electrons. The Morgan fingerprint density at radius 1 is 1.35 bits per heavy atom. The summed E-state index contributed by atoms with van der Waals surface area (Å²) in [6, 6.07) is 7.82. The molecule has 0 aliphatic rings. The van der Waals surface area contributed by atoms with Crippen LogP contribution in [0.3, 0.4) is 0 Å². The van der Waals surface area contributed by atoms with E-state index in [2.05, 4.69) is 21.5 Å². The summed E-state index contributed by atoms with van der Waals surface area (Å²) in [5, 5.41) is 5.67. The van der Waals surface area contributed by atoms with Crippen LogP contribution in [0.2, 0.25) is 0 Å². The van der Waals surface area contributed by atoms with Crippen molar-refractivity contribution in [1.29, 1.82) is 0 Å². The molecule has 2 N–H and O–H groups in total. The number of aromatic nitrogens is 1. The van der Waals surface area contributed by atoms with Crippen molar-refractivity contribution in [2.75, 3.05) is 5.32 Å². The van der Waals surface area contributed by atoms with Crippen LogP contribution in [-0.2, 0) is 0 Å². The number of rotatable bonds is 6. The first kappa shape index (κ1) is 19.1. The number of ketones is 1. The molecule has 1 heterocycles. The highest BCUT2D eigenvalue weighted by Gasteiger charge is 2.24. The number of benzene rings is 1. The SMILES string of the molecule is C#CC(C)(CC)NC(=O)c1cc(F)cnc1Nc1cccc(C(C)=O)c1. The molecule has 0 spiro atoms. The number of pyridine rings is 1. The van der Waals surface area contributed by atoms with Crippen LogP contribution in [0, 0.1) is 18.2 Å². The average molecular weight is 353 g/mol. The summed E-state index contributed by atoms with van der Waals surface area (Å²) in [5.74, 6) is 1.42. The third-order valence-corrected chi connectivity index (χ3v) is 4.05. The van der Waals surface area contributed by atoms with Crippen molar-refractivity contribution in [3.8, 4) is 12.3 Å². The van der Waals surface area contributed by atoms with Crippen LogP contribution in [0.1, 0.15) is 47.9 Å². The molecule has 0 saturated heterocycles. The van der Waals surface area contributed by atoms with Gasteiger partial charge in [0.1, 0.15) is 11.6 Å². The zero-order valence-electron chi connectivity index (χ0n) is 14.9. The molecule has 0 bridgehead atoms. The van der Waals surface area contributed by atoms with Gasteiger partial charge in [-0.1, -0.05) is 25.0 Å². The Labute approximate surface area is 152 Å². The van der Waals surface area contributed by atoms with Gasteiger partial charge in [0.2, 0.25) is 0 Å². The van der Waals surface area contributed by atoms with Crippen LogP contribution in [0.25, 0.3) is 0 Å². The van der Waals surface area contributed by atoms with Gasteiger partial charge in [0.25, 0.3) is 5.91 Å². The maximum Gasteiger partial charge on any atom is 0.256 e. The minimum absolute atomic E-state index is 0.0214. The number of nitrogens with one attached hydrogen (secondary N) is 2. The fourth-order valence-electron chi connectivity index (χ4n) is 2.21. The van der Waals surface area contributed by atoms with Gasteiger partial charge in [0.15, 0.2) is 5.78 Å². The summed E-state index contributed by atoms with van der Waals surface area (Å²) in [6.45, 7) is 5.01. The summed E-state index contributed by atoms with van der Waals surface area (Å²) in [4.78, 5) is 28.1. The van der Waals surface area contributed by atoms with Gasteiger partial charge in [-0.05, 0) is 38.5 Å². The molecule has 1 aromatic heterocycles. The van der Waals surface area contributed by atoms with E-state index in [1.54, 1.807) is 31.2 Å². The van der Waals surface area contributed by atoms with Crippen molar-refractivity contribution in [2.45, 2.75) is 32.7 Å². The van der Waals surface area contributed by atoms with Crippen LogP contribution in [0.4, 0.5) is 15.9 Å². The molecule has 134 valence electrons. The number of Topliss-reactive ketones (excluding diaryl/α,β-unsaturated/α-hetero) is 1. The predicted molar refractivity (Wildman–Crippen MR) is 98.9 cm³/mol. The minimum Gasteiger partial charge on any atom is -0.340 e. The Balaban J connectivity index is 2.36. The summed E-state index contributed by atoms with van der Waals surface area (Å²) < 4.78 is 13.7. The lowest BCUT2D eigenvalue weighted by molar-refractivity contribution is 0.0923. The molecule has 0 fully saturated rings. The molecule has 1 unspecified atom stereocenters. The van der Waals surface area contributed by atoms with E-state index in [4.69, 9.17) is 6.42 Å². The highest BCUT2D eigenvalue weighted by Crippen LogP contribution is 2.21. The van der Waals surface area contributed by atoms with Gasteiger partial charge in [-0.2, -0.15) is 0 Å². The highest BCUT2D eigenvalue weighted by atomic mass is 19.1. The van der Waals surface area contributed by atoms with Crippen LogP contribution in [-0.4, -0.2) is 22.2 Å². The van der Waals surface area contributed by atoms with Gasteiger partial charge >= 0.3 is 0 Å². The van der Waals surface area contributed by atoms with Crippen molar-refractivity contribution in [1.82, 2.24) is 10.3 Å². The van der Waals surface area contributed by atoms with E-state index in [-0.39, 0.29) is 17.2 Å². The molecular weight excluding hydrogens is 333 g/mol. The molecule has 0 saturated carbocycles. The third kappa shape index (κ3) is 4.45. The van der Waals surface area contributed by atoms with E-state index in [1.807, 2.05) is 6.92 Å². The summed E-state index contributed by atoms with van der Waals surface area (Å²) in [5.41, 5.74) is 0.234. The van der Waals surface area contributed by atoms with Crippen LogP contribution in [0.5, 0.6) is 0 Å². The highest BCUT2D eigenvalue weighted by molar-refractivity contribution is 6.00. The Kier molecular flexibility index (Phi) is 5.73. The van der Waals surface area contributed by atoms with E-state index >= 15 is 0 Å². The van der Waals surface area contributed by atoms with Gasteiger partial charge < -0.3 is 10.6 Å². The lowest BCUT2D eigenvalue weighted by Crippen LogP contribution is -2.44. The van der Waals surface area contributed by atoms with E-state index in [0.717, 1.165) is 12.3 Å². The first-order valence-corrected chi connectivity index (χ1v) is 8.12. The monoisotopic (exact) mass is 353 g/mol. The number of nitrogens with zero attached hydrogens (tertiary/aromatic N) is 1. The van der Waals surface area contributed by atoms with Crippen molar-refractivity contribution in [3.63, 3.8) is 0 Å². The first-order chi connectivity index (χ1) is 12.3. The van der Waals surface area contributed by atoms with Crippen molar-refractivity contribution < 1.29 is 14.0 Å². The average Bonchev–Trinajstić information content (AvgIpc) is 2.63. The smallest absolute Gasteiger partial charge is 0.256 e. The number of carbonyl (C=O) groups is 2. The predicted octanol–water partition coefficient (Wildman–Crippen LogP) is 3.70. The largest absolute Gasteiger partial charge is 0.340 e. The van der Waals surface area contributed by atoms with Gasteiger partial charge in [0.05, 0.1) is 17.3 Å². The van der Waals surface area contributed by atoms with E-state index in [1.165, 1.54) is 6.92 Å². The number of hydrogen-bond donors (Lipinski definition) is 2. The standard InChI is InChI=1S/C20H20FN3O2/c1-5-20(4,6-2)24-19(26)17-11-15(21)12-22-18(17)23-16-9-7-8-14(10-16)13(3)25/h1,7-12H,6H2,2-4H3,(H,22,23)(H,24,26). The Morgan fingerprint density at radius 2 is 2.08 bits per heavy atom. The van der Waals surface area contributed by atoms with Gasteiger partial charge in [-0.3, -0.25) is 9.59 Å². The van der Waals surface area contributed by atoms with Crippen molar-refractivity contribution in [2.24, 2.45) is 0 Å². The lowest BCUT2D eigenvalue weighted by Gasteiger charge is -2.24. The quantitative estimate of drug-likeness (QED) is 0.614. The number of halogens is 1. The van der Waals surface area contributed by atoms with E-state index in [9.17, 15) is 14.0 Å². The number of carbonyl (C=O) groups excluding carboxylic acids is 2. The molecule has 26 heavy (non-hydrogen) atoms. The summed E-state index contributed by atoms with van der Waals surface area (Å²) in [7, 11) is 0. The maximum atomic E-state index is 13.7. The molecule has 1 aromatic carbocycles. The topological polar surface area (TPSA) is 71.1 Å². The molecule has 2 aromatic rings. The zero-order valence-corrected chi connectivity index (χ0v) is 14.9. The fourth-order valence-corrected chi connectivity index (χ4v) is 2.21. The molecule has 1 amide bonds. The van der Waals surface area contributed by atoms with E-state index < -0.39 is 17.3 Å². The molecule has 0 aliphatic carbocycles. The maximum absolute atomic E-state index is 13.7. The second-order valence-electron chi connectivity index (χ2n) is 6.10. The van der Waals surface area contributed by atoms with Crippen LogP contribution >= 0.6 is 0 Å². The Bertz CT molecular complexity index is 889. The normalized spacial score (nSPS) is 12.6. The molecule has 6 heteroatoms. The Hall–Kier alpha value is -3.20. The number of terminal acetylenes is 1. The summed E-state index contributed by atoms with van der Waals surface area (Å²) >= 11 is 0. The lowest BCUT2D eigenvalue weighted by atomic mass is 9.99. The number of hydrogen-bond acceptors (Lipinski definition) is 4. The minimum atomic E-state index is -0.852. The first-order valence-electron chi connectivity index (χ1n) is 8.12. The second kappa shape index (κ2) is 7.79. The molecule has 0 aliphatic heterocycles. The summed E-state index contributed by atoms with van der Waals surface area (Å²) in [6.07, 6.45) is 7.00. The third-order valence-electron chi connectivity index (χ3n) is 4.05. The Morgan fingerprint density at radius 3 is 2.69 bits per heavy atom. The molecule has 5 nitrogen and oxygen atoms in total. The van der Waals surface area contributed by atoms with Crippen molar-refractivity contribution >= 4 is 23.2 Å². The van der Waals surface area contributed by atoms with Crippen LogP contribution < -0.4 is 10.6 Å². The molecular formula is C20H20FN3O2. The second-order valence-corrected chi connectivity index (χ2v) is 6.10. The number of amides is 1. The van der Waals surface area contributed by atoms with Crippen molar-refractivity contribution in [3.05, 3.63) is 53.5 Å². The van der Waals surface area contributed by atoms with E-state index in [0.29, 0.717) is 17.7 Å². The van der Waals surface area contributed by atoms with Gasteiger partial charge in [-0.25, -0.2) is 9.37 Å². The zero-order chi connectivity index (χ0) is 19.3. The van der Waals surface area contributed by atoms with Crippen LogP contribution in [0.15, 0.2) is 36.5 Å². The van der Waals surface area contributed by atoms with Gasteiger partial charge in [0, 0.05) is 11.3 Å². The molecule has 2 rings (SSSR count). The molecule has 1 atom stereocenters. The van der Waals surface area contributed by atoms with Gasteiger partial charge in [-0.15, -0.1) is 6.42 Å². The number of anilines is 2.